The van der Waals surface area contributed by atoms with Gasteiger partial charge < -0.3 is 5.32 Å². The lowest BCUT2D eigenvalue weighted by Crippen LogP contribution is -2.08. The van der Waals surface area contributed by atoms with E-state index in [-0.39, 0.29) is 6.04 Å². The van der Waals surface area contributed by atoms with Crippen molar-refractivity contribution in [1.82, 2.24) is 0 Å². The van der Waals surface area contributed by atoms with Crippen LogP contribution in [-0.2, 0) is 0 Å². The van der Waals surface area contributed by atoms with E-state index in [1.165, 1.54) is 16.7 Å². The van der Waals surface area contributed by atoms with Gasteiger partial charge in [-0.1, -0.05) is 47.0 Å². The van der Waals surface area contributed by atoms with Crippen LogP contribution in [0.25, 0.3) is 0 Å². The Kier molecular flexibility index (Phi) is 4.38. The highest BCUT2D eigenvalue weighted by atomic mass is 35.5. The molecule has 1 unspecified atom stereocenters. The van der Waals surface area contributed by atoms with Crippen LogP contribution in [0, 0.1) is 13.8 Å². The second kappa shape index (κ2) is 5.85. The number of anilines is 1. The molecule has 1 atom stereocenters. The van der Waals surface area contributed by atoms with E-state index in [1.54, 1.807) is 6.07 Å². The molecule has 0 bridgehead atoms. The Bertz CT molecular complexity index is 593. The second-order valence-corrected chi connectivity index (χ2v) is 5.67. The Balaban J connectivity index is 2.20. The van der Waals surface area contributed by atoms with Crippen molar-refractivity contribution in [2.24, 2.45) is 0 Å². The Morgan fingerprint density at radius 3 is 2.32 bits per heavy atom. The third-order valence-corrected chi connectivity index (χ3v) is 3.93. The van der Waals surface area contributed by atoms with E-state index in [4.69, 9.17) is 23.2 Å². The maximum Gasteiger partial charge on any atom is 0.0612 e. The van der Waals surface area contributed by atoms with Gasteiger partial charge in [-0.3, -0.25) is 0 Å². The zero-order valence-corrected chi connectivity index (χ0v) is 12.8. The van der Waals surface area contributed by atoms with Crippen molar-refractivity contribution in [3.63, 3.8) is 0 Å². The molecule has 2 aromatic rings. The van der Waals surface area contributed by atoms with Crippen LogP contribution >= 0.6 is 23.2 Å². The van der Waals surface area contributed by atoms with E-state index in [9.17, 15) is 0 Å². The Morgan fingerprint density at radius 1 is 0.947 bits per heavy atom. The van der Waals surface area contributed by atoms with Crippen molar-refractivity contribution >= 4 is 28.9 Å². The third-order valence-electron chi connectivity index (χ3n) is 3.19. The second-order valence-electron chi connectivity index (χ2n) is 4.85. The van der Waals surface area contributed by atoms with E-state index in [0.717, 1.165) is 5.69 Å². The van der Waals surface area contributed by atoms with Crippen LogP contribution in [-0.4, -0.2) is 0 Å². The number of halogens is 2. The Morgan fingerprint density at radius 2 is 1.68 bits per heavy atom. The van der Waals surface area contributed by atoms with Crippen LogP contribution < -0.4 is 5.32 Å². The van der Waals surface area contributed by atoms with Crippen molar-refractivity contribution in [3.8, 4) is 0 Å². The highest BCUT2D eigenvalue weighted by Crippen LogP contribution is 2.28. The Labute approximate surface area is 124 Å². The van der Waals surface area contributed by atoms with Gasteiger partial charge in [0.25, 0.3) is 0 Å². The molecule has 2 aromatic carbocycles. The van der Waals surface area contributed by atoms with Gasteiger partial charge in [0.15, 0.2) is 0 Å². The standard InChI is InChI=1S/C16H17Cl2N/c1-10-4-6-14(11(2)8-10)12(3)19-13-5-7-15(17)16(18)9-13/h4-9,12,19H,1-3H3. The molecule has 0 saturated heterocycles. The molecule has 0 aliphatic heterocycles. The van der Waals surface area contributed by atoms with E-state index < -0.39 is 0 Å². The molecule has 0 heterocycles. The first kappa shape index (κ1) is 14.2. The molecular formula is C16H17Cl2N. The minimum absolute atomic E-state index is 0.220. The van der Waals surface area contributed by atoms with Gasteiger partial charge in [-0.05, 0) is 50.1 Å². The molecule has 0 amide bonds. The maximum absolute atomic E-state index is 6.02. The lowest BCUT2D eigenvalue weighted by Gasteiger charge is -2.18. The average molecular weight is 294 g/mol. The predicted octanol–water partition coefficient (Wildman–Crippen LogP) is 5.78. The fourth-order valence-corrected chi connectivity index (χ4v) is 2.52. The predicted molar refractivity (Wildman–Crippen MR) is 84.4 cm³/mol. The topological polar surface area (TPSA) is 12.0 Å². The molecule has 0 aromatic heterocycles. The van der Waals surface area contributed by atoms with Crippen molar-refractivity contribution in [1.29, 1.82) is 0 Å². The van der Waals surface area contributed by atoms with Crippen molar-refractivity contribution < 1.29 is 0 Å². The summed E-state index contributed by atoms with van der Waals surface area (Å²) in [7, 11) is 0. The van der Waals surface area contributed by atoms with Crippen LogP contribution in [0.4, 0.5) is 5.69 Å². The van der Waals surface area contributed by atoms with Crippen LogP contribution in [0.15, 0.2) is 36.4 Å². The molecule has 2 rings (SSSR count). The average Bonchev–Trinajstić information content (AvgIpc) is 2.33. The quantitative estimate of drug-likeness (QED) is 0.756. The number of hydrogen-bond acceptors (Lipinski definition) is 1. The monoisotopic (exact) mass is 293 g/mol. The van der Waals surface area contributed by atoms with Crippen LogP contribution in [0.2, 0.25) is 10.0 Å². The molecule has 100 valence electrons. The summed E-state index contributed by atoms with van der Waals surface area (Å²) in [4.78, 5) is 0. The summed E-state index contributed by atoms with van der Waals surface area (Å²) in [5.41, 5.74) is 4.83. The lowest BCUT2D eigenvalue weighted by molar-refractivity contribution is 0.873. The number of benzene rings is 2. The molecule has 1 nitrogen and oxygen atoms in total. The zero-order chi connectivity index (χ0) is 14.0. The van der Waals surface area contributed by atoms with Gasteiger partial charge in [0.05, 0.1) is 10.0 Å². The lowest BCUT2D eigenvalue weighted by atomic mass is 10.00. The van der Waals surface area contributed by atoms with Gasteiger partial charge in [0, 0.05) is 11.7 Å². The van der Waals surface area contributed by atoms with E-state index in [0.29, 0.717) is 10.0 Å². The molecular weight excluding hydrogens is 277 g/mol. The first-order chi connectivity index (χ1) is 8.97. The fourth-order valence-electron chi connectivity index (χ4n) is 2.23. The maximum atomic E-state index is 6.02. The Hall–Kier alpha value is -1.18. The summed E-state index contributed by atoms with van der Waals surface area (Å²) in [5.74, 6) is 0. The minimum Gasteiger partial charge on any atom is -0.378 e. The number of hydrogen-bond donors (Lipinski definition) is 1. The van der Waals surface area contributed by atoms with Gasteiger partial charge in [0.2, 0.25) is 0 Å². The van der Waals surface area contributed by atoms with Crippen molar-refractivity contribution in [2.75, 3.05) is 5.32 Å². The molecule has 0 saturated carbocycles. The van der Waals surface area contributed by atoms with Crippen LogP contribution in [0.1, 0.15) is 29.7 Å². The smallest absolute Gasteiger partial charge is 0.0612 e. The molecule has 0 aliphatic carbocycles. The molecule has 0 spiro atoms. The van der Waals surface area contributed by atoms with Crippen molar-refractivity contribution in [3.05, 3.63) is 63.1 Å². The SMILES string of the molecule is Cc1ccc(C(C)Nc2ccc(Cl)c(Cl)c2)c(C)c1. The molecule has 0 fully saturated rings. The first-order valence-corrected chi connectivity index (χ1v) is 7.01. The van der Waals surface area contributed by atoms with E-state index in [2.05, 4.69) is 44.3 Å². The molecule has 0 aliphatic rings. The van der Waals surface area contributed by atoms with Gasteiger partial charge in [0.1, 0.15) is 0 Å². The molecule has 0 radical (unpaired) electrons. The van der Waals surface area contributed by atoms with E-state index in [1.807, 2.05) is 12.1 Å². The zero-order valence-electron chi connectivity index (χ0n) is 11.3. The summed E-state index contributed by atoms with van der Waals surface area (Å²) >= 11 is 11.9. The van der Waals surface area contributed by atoms with Gasteiger partial charge in [-0.15, -0.1) is 0 Å². The van der Waals surface area contributed by atoms with Gasteiger partial charge in [-0.25, -0.2) is 0 Å². The summed E-state index contributed by atoms with van der Waals surface area (Å²) in [5, 5.41) is 4.59. The van der Waals surface area contributed by atoms with Gasteiger partial charge >= 0.3 is 0 Å². The molecule has 1 N–H and O–H groups in total. The minimum atomic E-state index is 0.220. The summed E-state index contributed by atoms with van der Waals surface area (Å²) in [6.45, 7) is 6.38. The van der Waals surface area contributed by atoms with Gasteiger partial charge in [-0.2, -0.15) is 0 Å². The number of nitrogens with one attached hydrogen (secondary N) is 1. The highest BCUT2D eigenvalue weighted by Gasteiger charge is 2.09. The van der Waals surface area contributed by atoms with Crippen LogP contribution in [0.5, 0.6) is 0 Å². The molecule has 3 heteroatoms. The summed E-state index contributed by atoms with van der Waals surface area (Å²) in [6.07, 6.45) is 0. The summed E-state index contributed by atoms with van der Waals surface area (Å²) in [6, 6.07) is 12.3. The third kappa shape index (κ3) is 3.43. The van der Waals surface area contributed by atoms with Crippen molar-refractivity contribution in [2.45, 2.75) is 26.8 Å². The highest BCUT2D eigenvalue weighted by molar-refractivity contribution is 6.42. The van der Waals surface area contributed by atoms with Crippen LogP contribution in [0.3, 0.4) is 0 Å². The molecule has 19 heavy (non-hydrogen) atoms. The normalized spacial score (nSPS) is 12.3. The van der Waals surface area contributed by atoms with E-state index >= 15 is 0 Å². The summed E-state index contributed by atoms with van der Waals surface area (Å²) < 4.78 is 0. The number of rotatable bonds is 3. The fraction of sp³-hybridized carbons (Fsp3) is 0.250. The number of aryl methyl sites for hydroxylation is 2. The largest absolute Gasteiger partial charge is 0.378 e. The first-order valence-electron chi connectivity index (χ1n) is 6.26.